The van der Waals surface area contributed by atoms with Gasteiger partial charge in [-0.1, -0.05) is 13.8 Å². The molecular weight excluding hydrogens is 356 g/mol. The van der Waals surface area contributed by atoms with Crippen LogP contribution in [0.4, 0.5) is 0 Å². The number of fused-ring (bicyclic) bond motifs is 1. The van der Waals surface area contributed by atoms with E-state index >= 15 is 0 Å². The van der Waals surface area contributed by atoms with Crippen LogP contribution < -0.4 is 14.8 Å². The Balaban J connectivity index is 1.77. The molecule has 0 spiro atoms. The molecule has 1 aromatic carbocycles. The van der Waals surface area contributed by atoms with Crippen molar-refractivity contribution in [2.75, 3.05) is 25.6 Å². The summed E-state index contributed by atoms with van der Waals surface area (Å²) in [7, 11) is 0. The van der Waals surface area contributed by atoms with Gasteiger partial charge in [0.05, 0.1) is 11.8 Å². The number of benzene rings is 1. The van der Waals surface area contributed by atoms with Crippen LogP contribution in [0.25, 0.3) is 0 Å². The summed E-state index contributed by atoms with van der Waals surface area (Å²) in [5.41, 5.74) is -0.997. The van der Waals surface area contributed by atoms with Crippen LogP contribution >= 0.6 is 11.8 Å². The predicted molar refractivity (Wildman–Crippen MR) is 96.1 cm³/mol. The van der Waals surface area contributed by atoms with Gasteiger partial charge in [0.15, 0.2) is 18.1 Å². The van der Waals surface area contributed by atoms with Gasteiger partial charge >= 0.3 is 5.97 Å². The number of carbonyl (C=O) groups is 2. The normalized spacial score (nSPS) is 14.9. The van der Waals surface area contributed by atoms with E-state index in [0.717, 1.165) is 4.90 Å². The third-order valence-corrected chi connectivity index (χ3v) is 4.99. The lowest BCUT2D eigenvalue weighted by molar-refractivity contribution is -0.146. The minimum atomic E-state index is -0.997. The number of ether oxygens (including phenoxy) is 3. The van der Waals surface area contributed by atoms with Crippen LogP contribution in [0, 0.1) is 17.2 Å². The molecule has 0 saturated heterocycles. The molecule has 1 N–H and O–H groups in total. The number of nitrogens with one attached hydrogen (secondary N) is 1. The molecular formula is C18H22N2O5S. The molecule has 1 amide bonds. The Morgan fingerprint density at radius 1 is 1.35 bits per heavy atom. The Labute approximate surface area is 157 Å². The minimum Gasteiger partial charge on any atom is -0.486 e. The molecule has 1 aliphatic heterocycles. The highest BCUT2D eigenvalue weighted by Gasteiger charge is 2.30. The molecule has 1 aliphatic rings. The van der Waals surface area contributed by atoms with E-state index in [0.29, 0.717) is 24.7 Å². The summed E-state index contributed by atoms with van der Waals surface area (Å²) in [6, 6.07) is 7.50. The van der Waals surface area contributed by atoms with Crippen molar-refractivity contribution in [3.05, 3.63) is 18.2 Å². The summed E-state index contributed by atoms with van der Waals surface area (Å²) in [6.45, 7) is 5.91. The van der Waals surface area contributed by atoms with Crippen LogP contribution in [-0.4, -0.2) is 43.0 Å². The first kappa shape index (κ1) is 19.9. The van der Waals surface area contributed by atoms with Crippen molar-refractivity contribution < 1.29 is 23.8 Å². The monoisotopic (exact) mass is 378 g/mol. The largest absolute Gasteiger partial charge is 0.486 e. The van der Waals surface area contributed by atoms with Crippen molar-refractivity contribution in [1.82, 2.24) is 5.32 Å². The summed E-state index contributed by atoms with van der Waals surface area (Å²) < 4.78 is 15.9. The summed E-state index contributed by atoms with van der Waals surface area (Å²) in [5, 5.41) is 11.8. The van der Waals surface area contributed by atoms with Crippen LogP contribution in [0.5, 0.6) is 11.5 Å². The van der Waals surface area contributed by atoms with Crippen molar-refractivity contribution in [2.45, 2.75) is 31.2 Å². The van der Waals surface area contributed by atoms with E-state index in [1.807, 2.05) is 19.9 Å². The molecule has 2 rings (SSSR count). The van der Waals surface area contributed by atoms with Gasteiger partial charge in [-0.25, -0.2) is 0 Å². The van der Waals surface area contributed by atoms with Gasteiger partial charge in [-0.15, -0.1) is 11.8 Å². The third kappa shape index (κ3) is 5.30. The van der Waals surface area contributed by atoms with Gasteiger partial charge in [-0.3, -0.25) is 9.59 Å². The van der Waals surface area contributed by atoms with Crippen LogP contribution in [0.1, 0.15) is 20.8 Å². The SMILES string of the molecule is CC(C)[C@@](C)(C#N)NC(=O)COC(=O)CSc1ccc2c(c1)OCCO2. The molecule has 0 bridgehead atoms. The molecule has 1 heterocycles. The van der Waals surface area contributed by atoms with Crippen LogP contribution in [0.2, 0.25) is 0 Å². The van der Waals surface area contributed by atoms with Crippen molar-refractivity contribution in [2.24, 2.45) is 5.92 Å². The topological polar surface area (TPSA) is 97.7 Å². The van der Waals surface area contributed by atoms with Crippen LogP contribution in [-0.2, 0) is 14.3 Å². The van der Waals surface area contributed by atoms with E-state index < -0.39 is 24.0 Å². The maximum Gasteiger partial charge on any atom is 0.316 e. The van der Waals surface area contributed by atoms with E-state index in [-0.39, 0.29) is 11.7 Å². The molecule has 0 fully saturated rings. The van der Waals surface area contributed by atoms with Crippen molar-refractivity contribution >= 4 is 23.6 Å². The Kier molecular flexibility index (Phi) is 6.75. The predicted octanol–water partition coefficient (Wildman–Crippen LogP) is 2.15. The Bertz CT molecular complexity index is 716. The number of rotatable bonds is 7. The van der Waals surface area contributed by atoms with Crippen LogP contribution in [0.15, 0.2) is 23.1 Å². The fraction of sp³-hybridized carbons (Fsp3) is 0.500. The standard InChI is InChI=1S/C18H22N2O5S/c1-12(2)18(3,11-19)20-16(21)9-25-17(22)10-26-13-4-5-14-15(8-13)24-7-6-23-14/h4-5,8,12H,6-7,9-10H2,1-3H3,(H,20,21)/t18-/m1/s1. The molecule has 8 heteroatoms. The van der Waals surface area contributed by atoms with Gasteiger partial charge in [0.1, 0.15) is 18.8 Å². The zero-order valence-corrected chi connectivity index (χ0v) is 15.9. The number of thioether (sulfide) groups is 1. The summed E-state index contributed by atoms with van der Waals surface area (Å²) in [6.07, 6.45) is 0. The first-order valence-electron chi connectivity index (χ1n) is 8.24. The van der Waals surface area contributed by atoms with Crippen LogP contribution in [0.3, 0.4) is 0 Å². The summed E-state index contributed by atoms with van der Waals surface area (Å²) in [4.78, 5) is 24.6. The fourth-order valence-corrected chi connectivity index (χ4v) is 2.79. The smallest absolute Gasteiger partial charge is 0.316 e. The van der Waals surface area contributed by atoms with Crippen molar-refractivity contribution in [3.8, 4) is 17.6 Å². The number of nitriles is 1. The van der Waals surface area contributed by atoms with E-state index in [9.17, 15) is 14.9 Å². The molecule has 26 heavy (non-hydrogen) atoms. The maximum absolute atomic E-state index is 11.9. The van der Waals surface area contributed by atoms with Gasteiger partial charge in [0, 0.05) is 4.90 Å². The lowest BCUT2D eigenvalue weighted by Gasteiger charge is -2.27. The average molecular weight is 378 g/mol. The average Bonchev–Trinajstić information content (AvgIpc) is 2.64. The molecule has 140 valence electrons. The summed E-state index contributed by atoms with van der Waals surface area (Å²) in [5.74, 6) is 0.317. The summed E-state index contributed by atoms with van der Waals surface area (Å²) >= 11 is 1.28. The lowest BCUT2D eigenvalue weighted by Crippen LogP contribution is -2.50. The Hall–Kier alpha value is -2.40. The second-order valence-corrected chi connectivity index (χ2v) is 7.32. The minimum absolute atomic E-state index is 0.0621. The second kappa shape index (κ2) is 8.81. The molecule has 0 unspecified atom stereocenters. The molecule has 0 aromatic heterocycles. The third-order valence-electron chi connectivity index (χ3n) is 4.02. The molecule has 1 atom stereocenters. The van der Waals surface area contributed by atoms with E-state index in [2.05, 4.69) is 11.4 Å². The number of esters is 1. The molecule has 7 nitrogen and oxygen atoms in total. The highest BCUT2D eigenvalue weighted by Crippen LogP contribution is 2.34. The lowest BCUT2D eigenvalue weighted by atomic mass is 9.90. The number of amides is 1. The van der Waals surface area contributed by atoms with Gasteiger partial charge in [-0.05, 0) is 31.0 Å². The number of hydrogen-bond acceptors (Lipinski definition) is 7. The second-order valence-electron chi connectivity index (χ2n) is 6.27. The fourth-order valence-electron chi connectivity index (χ4n) is 2.07. The highest BCUT2D eigenvalue weighted by atomic mass is 32.2. The number of nitrogens with zero attached hydrogens (tertiary/aromatic N) is 1. The van der Waals surface area contributed by atoms with Crippen molar-refractivity contribution in [3.63, 3.8) is 0 Å². The van der Waals surface area contributed by atoms with Crippen molar-refractivity contribution in [1.29, 1.82) is 5.26 Å². The molecule has 0 aliphatic carbocycles. The maximum atomic E-state index is 11.9. The van der Waals surface area contributed by atoms with Gasteiger partial charge in [-0.2, -0.15) is 5.26 Å². The van der Waals surface area contributed by atoms with Gasteiger partial charge in [0.25, 0.3) is 5.91 Å². The molecule has 1 aromatic rings. The van der Waals surface area contributed by atoms with E-state index in [1.54, 1.807) is 19.1 Å². The zero-order chi connectivity index (χ0) is 19.2. The van der Waals surface area contributed by atoms with Gasteiger partial charge < -0.3 is 19.5 Å². The van der Waals surface area contributed by atoms with E-state index in [1.165, 1.54) is 11.8 Å². The highest BCUT2D eigenvalue weighted by molar-refractivity contribution is 8.00. The number of hydrogen-bond donors (Lipinski definition) is 1. The Morgan fingerprint density at radius 2 is 2.04 bits per heavy atom. The Morgan fingerprint density at radius 3 is 2.69 bits per heavy atom. The zero-order valence-electron chi connectivity index (χ0n) is 15.0. The first-order valence-corrected chi connectivity index (χ1v) is 9.23. The number of carbonyl (C=O) groups excluding carboxylic acids is 2. The van der Waals surface area contributed by atoms with E-state index in [4.69, 9.17) is 14.2 Å². The first-order chi connectivity index (χ1) is 12.3. The molecule has 0 radical (unpaired) electrons. The quantitative estimate of drug-likeness (QED) is 0.573. The molecule has 0 saturated carbocycles. The van der Waals surface area contributed by atoms with Gasteiger partial charge in [0.2, 0.25) is 0 Å².